The topological polar surface area (TPSA) is 3.24 Å². The minimum absolute atomic E-state index is 0.0959. The molecule has 9 aromatic carbocycles. The van der Waals surface area contributed by atoms with Crippen molar-refractivity contribution in [2.45, 2.75) is 41.5 Å². The highest BCUT2D eigenvalue weighted by Crippen LogP contribution is 2.39. The fraction of sp³-hybridized carbons (Fsp3) is 0.100. The van der Waals surface area contributed by atoms with E-state index in [9.17, 15) is 0 Å². The summed E-state index contributed by atoms with van der Waals surface area (Å²) in [6.07, 6.45) is 0. The van der Waals surface area contributed by atoms with Crippen LogP contribution in [-0.4, -0.2) is 14.8 Å². The molecule has 2 aliphatic heterocycles. The van der Waals surface area contributed by atoms with Crippen molar-refractivity contribution >= 4 is 69.0 Å². The summed E-state index contributed by atoms with van der Waals surface area (Å²) in [5, 5.41) is 6.00. The first-order valence-corrected chi connectivity index (χ1v) is 24.4. The fourth-order valence-electron chi connectivity index (χ4n) is 11.7. The lowest BCUT2D eigenvalue weighted by Crippen LogP contribution is -2.71. The largest absolute Gasteiger partial charge is 0.311 e. The molecule has 63 heavy (non-hydrogen) atoms. The van der Waals surface area contributed by atoms with Gasteiger partial charge in [-0.15, -0.1) is 0 Å². The van der Waals surface area contributed by atoms with E-state index in [-0.39, 0.29) is 6.71 Å². The van der Waals surface area contributed by atoms with E-state index in [0.717, 1.165) is 17.1 Å². The summed E-state index contributed by atoms with van der Waals surface area (Å²) in [7, 11) is -2.79. The highest BCUT2D eigenvalue weighted by atomic mass is 28.3. The summed E-state index contributed by atoms with van der Waals surface area (Å²) in [5.41, 5.74) is 23.7. The predicted molar refractivity (Wildman–Crippen MR) is 274 cm³/mol. The summed E-state index contributed by atoms with van der Waals surface area (Å²) >= 11 is 0. The van der Waals surface area contributed by atoms with E-state index < -0.39 is 8.07 Å². The maximum absolute atomic E-state index is 2.79. The van der Waals surface area contributed by atoms with Crippen LogP contribution in [0.2, 0.25) is 0 Å². The van der Waals surface area contributed by atoms with Gasteiger partial charge in [-0.2, -0.15) is 0 Å². The summed E-state index contributed by atoms with van der Waals surface area (Å²) in [6.45, 7) is 13.8. The van der Waals surface area contributed by atoms with Crippen molar-refractivity contribution in [2.24, 2.45) is 0 Å². The van der Waals surface area contributed by atoms with Crippen molar-refractivity contribution < 1.29 is 0 Å². The van der Waals surface area contributed by atoms with Gasteiger partial charge in [-0.25, -0.2) is 0 Å². The molecular formula is C60H50BNSi. The minimum Gasteiger partial charge on any atom is -0.311 e. The Balaban J connectivity index is 1.12. The van der Waals surface area contributed by atoms with Crippen LogP contribution in [0.15, 0.2) is 194 Å². The van der Waals surface area contributed by atoms with E-state index in [1.807, 2.05) is 0 Å². The van der Waals surface area contributed by atoms with Gasteiger partial charge in [-0.3, -0.25) is 0 Å². The molecule has 0 amide bonds. The Hall–Kier alpha value is -6.94. The van der Waals surface area contributed by atoms with Gasteiger partial charge >= 0.3 is 0 Å². The van der Waals surface area contributed by atoms with E-state index in [1.165, 1.54) is 104 Å². The van der Waals surface area contributed by atoms with Crippen molar-refractivity contribution in [3.63, 3.8) is 0 Å². The molecule has 2 heterocycles. The van der Waals surface area contributed by atoms with Gasteiger partial charge in [0.1, 0.15) is 0 Å². The second kappa shape index (κ2) is 15.2. The number of anilines is 3. The molecule has 0 aliphatic carbocycles. The molecule has 1 atom stereocenters. The van der Waals surface area contributed by atoms with Crippen LogP contribution >= 0.6 is 0 Å². The lowest BCUT2D eigenvalue weighted by molar-refractivity contribution is 1.28. The number of nitrogens with zero attached hydrogens (tertiary/aromatic N) is 1. The Morgan fingerprint density at radius 2 is 0.730 bits per heavy atom. The van der Waals surface area contributed by atoms with Gasteiger partial charge in [0.15, 0.2) is 8.07 Å². The molecule has 0 radical (unpaired) electrons. The molecule has 0 N–H and O–H groups in total. The first kappa shape index (κ1) is 38.9. The highest BCUT2D eigenvalue weighted by molar-refractivity contribution is 7.24. The van der Waals surface area contributed by atoms with Crippen molar-refractivity contribution in [3.05, 3.63) is 228 Å². The number of rotatable bonds is 7. The summed E-state index contributed by atoms with van der Waals surface area (Å²) in [6, 6.07) is 73.6. The van der Waals surface area contributed by atoms with Gasteiger partial charge in [0, 0.05) is 17.1 Å². The Bertz CT molecular complexity index is 3090. The molecule has 1 unspecified atom stereocenters. The maximum Gasteiger partial charge on any atom is 0.242 e. The van der Waals surface area contributed by atoms with Gasteiger partial charge < -0.3 is 4.90 Å². The monoisotopic (exact) mass is 823 g/mol. The zero-order chi connectivity index (χ0) is 43.0. The number of para-hydroxylation sites is 2. The molecule has 0 aromatic heterocycles. The average molecular weight is 824 g/mol. The van der Waals surface area contributed by atoms with Crippen LogP contribution in [0.25, 0.3) is 33.4 Å². The van der Waals surface area contributed by atoms with Crippen LogP contribution in [0.1, 0.15) is 33.4 Å². The number of benzene rings is 9. The third-order valence-electron chi connectivity index (χ3n) is 14.0. The van der Waals surface area contributed by atoms with Gasteiger partial charge in [-0.1, -0.05) is 207 Å². The van der Waals surface area contributed by atoms with E-state index >= 15 is 0 Å². The van der Waals surface area contributed by atoms with Crippen LogP contribution in [0.5, 0.6) is 0 Å². The SMILES string of the molecule is Cc1cc(C)c(B(c2ccc3c(c2)[Si]2(c4ccccc4-3)c3ccccc3-c3ccc(-c4ccc(N(c5ccccc5)c5ccccc5)cc4)cc32)c2c(C)cc(C)cc2C)c(C)c1. The molecule has 9 aromatic rings. The van der Waals surface area contributed by atoms with Gasteiger partial charge in [0.25, 0.3) is 0 Å². The highest BCUT2D eigenvalue weighted by Gasteiger charge is 2.54. The number of aryl methyl sites for hydroxylation is 6. The average Bonchev–Trinajstić information content (AvgIpc) is 3.75. The smallest absolute Gasteiger partial charge is 0.242 e. The molecule has 0 saturated carbocycles. The summed E-state index contributed by atoms with van der Waals surface area (Å²) < 4.78 is 0. The molecule has 3 heteroatoms. The molecule has 0 bridgehead atoms. The van der Waals surface area contributed by atoms with Crippen molar-refractivity contribution in [1.29, 1.82) is 0 Å². The van der Waals surface area contributed by atoms with Crippen molar-refractivity contribution in [3.8, 4) is 33.4 Å². The first-order chi connectivity index (χ1) is 30.7. The lowest BCUT2D eigenvalue weighted by atomic mass is 9.34. The number of fused-ring (bicyclic) bond motifs is 10. The molecule has 11 rings (SSSR count). The maximum atomic E-state index is 2.67. The number of hydrogen-bond acceptors (Lipinski definition) is 1. The Morgan fingerprint density at radius 3 is 1.24 bits per heavy atom. The summed E-state index contributed by atoms with van der Waals surface area (Å²) in [4.78, 5) is 2.33. The minimum atomic E-state index is -2.79. The van der Waals surface area contributed by atoms with Crippen LogP contribution in [0.3, 0.4) is 0 Å². The van der Waals surface area contributed by atoms with Gasteiger partial charge in [0.05, 0.1) is 0 Å². The molecule has 1 nitrogen and oxygen atoms in total. The van der Waals surface area contributed by atoms with Crippen molar-refractivity contribution in [2.75, 3.05) is 4.90 Å². The van der Waals surface area contributed by atoms with Crippen LogP contribution in [-0.2, 0) is 0 Å². The quantitative estimate of drug-likeness (QED) is 0.145. The first-order valence-electron chi connectivity index (χ1n) is 22.4. The zero-order valence-corrected chi connectivity index (χ0v) is 38.0. The van der Waals surface area contributed by atoms with E-state index in [0.29, 0.717) is 0 Å². The third-order valence-corrected chi connectivity index (χ3v) is 18.9. The third kappa shape index (κ3) is 6.13. The van der Waals surface area contributed by atoms with Gasteiger partial charge in [-0.05, 0) is 132 Å². The van der Waals surface area contributed by atoms with Crippen LogP contribution in [0.4, 0.5) is 17.1 Å². The molecule has 1 spiro atoms. The van der Waals surface area contributed by atoms with Gasteiger partial charge in [0.2, 0.25) is 6.71 Å². The Kier molecular flexibility index (Phi) is 9.37. The van der Waals surface area contributed by atoms with E-state index in [4.69, 9.17) is 0 Å². The predicted octanol–water partition coefficient (Wildman–Crippen LogP) is 10.5. The fourth-order valence-corrected chi connectivity index (χ4v) is 17.4. The second-order valence-corrected chi connectivity index (χ2v) is 21.7. The van der Waals surface area contributed by atoms with Crippen LogP contribution in [0, 0.1) is 41.5 Å². The number of hydrogen-bond donors (Lipinski definition) is 0. The molecule has 0 saturated heterocycles. The summed E-state index contributed by atoms with van der Waals surface area (Å²) in [5.74, 6) is 0. The van der Waals surface area contributed by atoms with Crippen molar-refractivity contribution in [1.82, 2.24) is 0 Å². The zero-order valence-electron chi connectivity index (χ0n) is 37.0. The lowest BCUT2D eigenvalue weighted by Gasteiger charge is -2.30. The molecule has 0 fully saturated rings. The Labute approximate surface area is 374 Å². The standard InChI is InChI=1S/C60H50BNSi/c1-39-33-41(3)59(42(4)34-39)61(60-43(5)35-40(2)36-44(60)6)47-28-32-54-52-22-14-16-24-56(52)63(58(54)38-47)55-23-15-13-21-51(55)53-31-27-46(37-57(53)63)45-25-29-50(30-26-45)62(48-17-9-7-10-18-48)49-19-11-8-12-20-49/h7-38H,1-6H3. The van der Waals surface area contributed by atoms with E-state index in [2.05, 4.69) is 241 Å². The second-order valence-electron chi connectivity index (χ2n) is 18.0. The Morgan fingerprint density at radius 1 is 0.333 bits per heavy atom. The molecular weight excluding hydrogens is 774 g/mol. The van der Waals surface area contributed by atoms with E-state index in [1.54, 1.807) is 0 Å². The van der Waals surface area contributed by atoms with Crippen LogP contribution < -0.4 is 42.0 Å². The molecule has 2 aliphatic rings. The molecule has 302 valence electrons. The normalized spacial score (nSPS) is 14.3.